The molecule has 0 spiro atoms. The van der Waals surface area contributed by atoms with Crippen molar-refractivity contribution in [2.75, 3.05) is 19.5 Å². The van der Waals surface area contributed by atoms with Crippen LogP contribution < -0.4 is 46.8 Å². The molecule has 6 heteroatoms. The Labute approximate surface area is 351 Å². The SMILES string of the molecule is c1ccc(N2B3c4ccccc4N4c5ccccc5B5c6ccccc6N(c6ccccc6)c6cc(c3c4c65)-c3ccc(N(c4ccccc4)c4ccccc4)cc32)cc1. The average molecular weight is 763 g/mol. The molecule has 60 heavy (non-hydrogen) atoms. The molecule has 13 rings (SSSR count). The van der Waals surface area contributed by atoms with Crippen molar-refractivity contribution in [3.63, 3.8) is 0 Å². The van der Waals surface area contributed by atoms with Gasteiger partial charge < -0.3 is 19.5 Å². The first-order valence-corrected chi connectivity index (χ1v) is 20.9. The van der Waals surface area contributed by atoms with E-state index in [4.69, 9.17) is 0 Å². The van der Waals surface area contributed by atoms with Crippen LogP contribution >= 0.6 is 0 Å². The Morgan fingerprint density at radius 3 is 1.45 bits per heavy atom. The summed E-state index contributed by atoms with van der Waals surface area (Å²) in [5, 5.41) is 0. The molecule has 0 fully saturated rings. The van der Waals surface area contributed by atoms with Gasteiger partial charge in [-0.3, -0.25) is 0 Å². The molecule has 278 valence electrons. The van der Waals surface area contributed by atoms with E-state index in [1.54, 1.807) is 0 Å². The molecular formula is C54H36B2N4. The molecule has 0 unspecified atom stereocenters. The maximum atomic E-state index is 2.62. The minimum absolute atomic E-state index is 0.0640. The predicted octanol–water partition coefficient (Wildman–Crippen LogP) is 10.5. The fourth-order valence-corrected chi connectivity index (χ4v) is 10.7. The molecule has 4 nitrogen and oxygen atoms in total. The Morgan fingerprint density at radius 2 is 0.833 bits per heavy atom. The van der Waals surface area contributed by atoms with Crippen molar-refractivity contribution in [3.8, 4) is 11.1 Å². The van der Waals surface area contributed by atoms with Gasteiger partial charge in [-0.2, -0.15) is 0 Å². The summed E-state index contributed by atoms with van der Waals surface area (Å²) >= 11 is 0. The normalized spacial score (nSPS) is 13.5. The minimum Gasteiger partial charge on any atom is -0.376 e. The summed E-state index contributed by atoms with van der Waals surface area (Å²) in [5.41, 5.74) is 22.2. The predicted molar refractivity (Wildman–Crippen MR) is 254 cm³/mol. The quantitative estimate of drug-likeness (QED) is 0.162. The summed E-state index contributed by atoms with van der Waals surface area (Å²) in [7, 11) is 0. The van der Waals surface area contributed by atoms with Crippen LogP contribution in [0.1, 0.15) is 0 Å². The van der Waals surface area contributed by atoms with Crippen molar-refractivity contribution in [2.45, 2.75) is 0 Å². The maximum Gasteiger partial charge on any atom is 0.333 e. The molecule has 0 saturated heterocycles. The summed E-state index contributed by atoms with van der Waals surface area (Å²) in [4.78, 5) is 10.1. The average Bonchev–Trinajstić information content (AvgIpc) is 3.32. The van der Waals surface area contributed by atoms with Gasteiger partial charge in [0.2, 0.25) is 0 Å². The van der Waals surface area contributed by atoms with Crippen LogP contribution in [0, 0.1) is 0 Å². The van der Waals surface area contributed by atoms with Crippen LogP contribution in [0.25, 0.3) is 11.1 Å². The van der Waals surface area contributed by atoms with Crippen LogP contribution in [0.15, 0.2) is 218 Å². The van der Waals surface area contributed by atoms with E-state index in [1.165, 1.54) is 72.6 Å². The smallest absolute Gasteiger partial charge is 0.333 e. The zero-order chi connectivity index (χ0) is 39.3. The Balaban J connectivity index is 1.17. The van der Waals surface area contributed by atoms with Crippen molar-refractivity contribution < 1.29 is 0 Å². The van der Waals surface area contributed by atoms with Gasteiger partial charge in [-0.1, -0.05) is 133 Å². The van der Waals surface area contributed by atoms with E-state index in [2.05, 4.69) is 238 Å². The fraction of sp³-hybridized carbons (Fsp3) is 0. The van der Waals surface area contributed by atoms with Crippen molar-refractivity contribution >= 4 is 103 Å². The highest BCUT2D eigenvalue weighted by molar-refractivity contribution is 7.02. The lowest BCUT2D eigenvalue weighted by Gasteiger charge is -2.51. The van der Waals surface area contributed by atoms with Gasteiger partial charge in [-0.25, -0.2) is 0 Å². The van der Waals surface area contributed by atoms with Crippen LogP contribution in [0.4, 0.5) is 62.6 Å². The first kappa shape index (κ1) is 33.3. The molecule has 0 N–H and O–H groups in total. The molecule has 9 aromatic rings. The van der Waals surface area contributed by atoms with Crippen LogP contribution in [0.3, 0.4) is 0 Å². The molecule has 4 aliphatic heterocycles. The molecule has 0 aliphatic carbocycles. The van der Waals surface area contributed by atoms with E-state index in [0.29, 0.717) is 0 Å². The second kappa shape index (κ2) is 12.9. The highest BCUT2D eigenvalue weighted by atomic mass is 15.2. The zero-order valence-corrected chi connectivity index (χ0v) is 32.7. The van der Waals surface area contributed by atoms with Crippen LogP contribution in [-0.4, -0.2) is 13.6 Å². The zero-order valence-electron chi connectivity index (χ0n) is 32.7. The molecule has 0 radical (unpaired) electrons. The number of hydrogen-bond acceptors (Lipinski definition) is 4. The second-order valence-corrected chi connectivity index (χ2v) is 16.1. The number of para-hydroxylation sites is 7. The van der Waals surface area contributed by atoms with Gasteiger partial charge in [-0.05, 0) is 118 Å². The summed E-state index contributed by atoms with van der Waals surface area (Å²) in [6.07, 6.45) is 0. The van der Waals surface area contributed by atoms with Gasteiger partial charge in [0.1, 0.15) is 0 Å². The molecule has 0 atom stereocenters. The van der Waals surface area contributed by atoms with E-state index in [9.17, 15) is 0 Å². The number of rotatable bonds is 5. The minimum atomic E-state index is -0.0898. The molecule has 0 aromatic heterocycles. The van der Waals surface area contributed by atoms with E-state index in [-0.39, 0.29) is 13.6 Å². The van der Waals surface area contributed by atoms with Gasteiger partial charge in [0, 0.05) is 68.1 Å². The monoisotopic (exact) mass is 762 g/mol. The lowest BCUT2D eigenvalue weighted by Crippen LogP contribution is -2.68. The fourth-order valence-electron chi connectivity index (χ4n) is 10.7. The first-order chi connectivity index (χ1) is 29.8. The Kier molecular flexibility index (Phi) is 7.16. The standard InChI is InChI=1S/C54H36B2N4/c1-5-19-37(20-6-1)57(38-21-7-2-8-22-38)41-33-34-42-43-36-51-53-54-52(43)56(60(50(42)35-41)40-25-11-4-12-26-40)46-29-15-18-32-49(46)59(54)48-31-17-14-28-45(48)55(53)44-27-13-16-30-47(44)58(51)39-23-9-3-10-24-39/h1-36H. The van der Waals surface area contributed by atoms with E-state index in [0.717, 1.165) is 28.4 Å². The first-order valence-electron chi connectivity index (χ1n) is 20.9. The topological polar surface area (TPSA) is 13.0 Å². The van der Waals surface area contributed by atoms with Crippen LogP contribution in [0.5, 0.6) is 0 Å². The van der Waals surface area contributed by atoms with Crippen LogP contribution in [0.2, 0.25) is 0 Å². The number of fused-ring (bicyclic) bond motifs is 10. The lowest BCUT2D eigenvalue weighted by molar-refractivity contribution is 1.24. The number of benzene rings is 9. The van der Waals surface area contributed by atoms with Crippen molar-refractivity contribution in [1.82, 2.24) is 0 Å². The van der Waals surface area contributed by atoms with Gasteiger partial charge in [-0.15, -0.1) is 0 Å². The van der Waals surface area contributed by atoms with Gasteiger partial charge in [0.15, 0.2) is 0 Å². The van der Waals surface area contributed by atoms with Crippen molar-refractivity contribution in [1.29, 1.82) is 0 Å². The Bertz CT molecular complexity index is 3090. The molecule has 0 bridgehead atoms. The second-order valence-electron chi connectivity index (χ2n) is 16.1. The summed E-state index contributed by atoms with van der Waals surface area (Å²) < 4.78 is 0. The van der Waals surface area contributed by atoms with Gasteiger partial charge in [0.25, 0.3) is 6.71 Å². The number of nitrogens with zero attached hydrogens (tertiary/aromatic N) is 4. The third kappa shape index (κ3) is 4.64. The Hall–Kier alpha value is -7.69. The third-order valence-corrected chi connectivity index (χ3v) is 13.0. The third-order valence-electron chi connectivity index (χ3n) is 13.0. The largest absolute Gasteiger partial charge is 0.376 e. The number of anilines is 11. The Morgan fingerprint density at radius 1 is 0.333 bits per heavy atom. The number of hydrogen-bond donors (Lipinski definition) is 0. The van der Waals surface area contributed by atoms with Gasteiger partial charge >= 0.3 is 6.85 Å². The molecule has 0 saturated carbocycles. The van der Waals surface area contributed by atoms with E-state index < -0.39 is 0 Å². The summed E-state index contributed by atoms with van der Waals surface area (Å²) in [6, 6.07) is 80.4. The van der Waals surface area contributed by atoms with Gasteiger partial charge in [0.05, 0.1) is 0 Å². The molecule has 9 aromatic carbocycles. The molecule has 0 amide bonds. The molecule has 4 aliphatic rings. The van der Waals surface area contributed by atoms with Crippen LogP contribution in [-0.2, 0) is 0 Å². The summed E-state index contributed by atoms with van der Waals surface area (Å²) in [5.74, 6) is 0. The van der Waals surface area contributed by atoms with E-state index in [1.807, 2.05) is 0 Å². The summed E-state index contributed by atoms with van der Waals surface area (Å²) in [6.45, 7) is -0.0258. The van der Waals surface area contributed by atoms with Crippen molar-refractivity contribution in [3.05, 3.63) is 218 Å². The highest BCUT2D eigenvalue weighted by Crippen LogP contribution is 2.52. The lowest BCUT2D eigenvalue weighted by atomic mass is 9.31. The highest BCUT2D eigenvalue weighted by Gasteiger charge is 2.52. The van der Waals surface area contributed by atoms with Crippen molar-refractivity contribution in [2.24, 2.45) is 0 Å². The maximum absolute atomic E-state index is 2.62. The molecule has 4 heterocycles. The van der Waals surface area contributed by atoms with E-state index >= 15 is 0 Å². The molecular weight excluding hydrogens is 726 g/mol.